The molecule has 0 saturated carbocycles. The molecule has 0 unspecified atom stereocenters. The van der Waals surface area contributed by atoms with Crippen LogP contribution in [-0.4, -0.2) is 53.9 Å². The highest BCUT2D eigenvalue weighted by atomic mass is 16.5. The Morgan fingerprint density at radius 3 is 2.66 bits per heavy atom. The van der Waals surface area contributed by atoms with Gasteiger partial charge in [-0.3, -0.25) is 14.3 Å². The zero-order chi connectivity index (χ0) is 20.2. The molecule has 0 spiro atoms. The molecule has 0 atom stereocenters. The summed E-state index contributed by atoms with van der Waals surface area (Å²) in [7, 11) is 1.49. The smallest absolute Gasteiger partial charge is 0.299 e. The molecule has 1 aromatic heterocycles. The monoisotopic (exact) mass is 394 g/mol. The van der Waals surface area contributed by atoms with Crippen molar-refractivity contribution in [3.63, 3.8) is 0 Å². The van der Waals surface area contributed by atoms with Gasteiger partial charge >= 0.3 is 0 Å². The van der Waals surface area contributed by atoms with Crippen LogP contribution in [0.5, 0.6) is 11.6 Å². The van der Waals surface area contributed by atoms with E-state index in [-0.39, 0.29) is 11.6 Å². The maximum Gasteiger partial charge on any atom is 0.299 e. The van der Waals surface area contributed by atoms with Crippen LogP contribution in [0.2, 0.25) is 0 Å². The lowest BCUT2D eigenvalue weighted by molar-refractivity contribution is 0.0231. The number of amides is 1. The van der Waals surface area contributed by atoms with E-state index in [1.54, 1.807) is 28.8 Å². The molecule has 4 rings (SSSR count). The van der Waals surface area contributed by atoms with Crippen LogP contribution in [0.15, 0.2) is 58.8 Å². The van der Waals surface area contributed by atoms with Crippen LogP contribution in [-0.2, 0) is 11.4 Å². The molecule has 1 aliphatic heterocycles. The molecule has 2 heterocycles. The molecule has 1 fully saturated rings. The van der Waals surface area contributed by atoms with Crippen LogP contribution in [0.4, 0.5) is 5.69 Å². The Balaban J connectivity index is 1.67. The van der Waals surface area contributed by atoms with Crippen molar-refractivity contribution in [2.45, 2.75) is 6.67 Å². The molecule has 3 aromatic rings. The van der Waals surface area contributed by atoms with E-state index < -0.39 is 5.91 Å². The van der Waals surface area contributed by atoms with Gasteiger partial charge in [-0.2, -0.15) is 0 Å². The van der Waals surface area contributed by atoms with Crippen molar-refractivity contribution < 1.29 is 19.4 Å². The third-order valence-electron chi connectivity index (χ3n) is 4.94. The second-order valence-corrected chi connectivity index (χ2v) is 6.69. The highest BCUT2D eigenvalue weighted by Gasteiger charge is 2.20. The van der Waals surface area contributed by atoms with Gasteiger partial charge in [0.15, 0.2) is 5.69 Å². The minimum Gasteiger partial charge on any atom is -0.496 e. The van der Waals surface area contributed by atoms with E-state index in [1.165, 1.54) is 7.11 Å². The topological polar surface area (TPSA) is 88.7 Å². The lowest BCUT2D eigenvalue weighted by atomic mass is 10.2. The van der Waals surface area contributed by atoms with Crippen LogP contribution in [0.3, 0.4) is 0 Å². The molecule has 1 aliphatic rings. The second-order valence-electron chi connectivity index (χ2n) is 6.69. The zero-order valence-corrected chi connectivity index (χ0v) is 16.1. The standard InChI is InChI=1S/C21H22N4O4/c1-28-18-9-5-3-7-16(18)20(26)23-22-19-15-6-2-4-8-17(15)25(21(19)27)14-24-10-12-29-13-11-24/h2-9,27H,10-14H2,1H3. The first-order chi connectivity index (χ1) is 14.2. The number of azo groups is 1. The summed E-state index contributed by atoms with van der Waals surface area (Å²) >= 11 is 0. The first-order valence-corrected chi connectivity index (χ1v) is 9.38. The molecule has 150 valence electrons. The molecule has 2 aromatic carbocycles. The van der Waals surface area contributed by atoms with Gasteiger partial charge in [0.1, 0.15) is 5.75 Å². The van der Waals surface area contributed by atoms with E-state index >= 15 is 0 Å². The lowest BCUT2D eigenvalue weighted by Gasteiger charge is -2.27. The molecule has 1 amide bonds. The first kappa shape index (κ1) is 19.1. The van der Waals surface area contributed by atoms with Gasteiger partial charge in [0, 0.05) is 18.5 Å². The number of morpholine rings is 1. The van der Waals surface area contributed by atoms with E-state index in [0.29, 0.717) is 31.2 Å². The summed E-state index contributed by atoms with van der Waals surface area (Å²) in [6.07, 6.45) is 0. The Labute approximate surface area is 168 Å². The summed E-state index contributed by atoms with van der Waals surface area (Å²) < 4.78 is 12.4. The van der Waals surface area contributed by atoms with Gasteiger partial charge in [-0.25, -0.2) is 0 Å². The quantitative estimate of drug-likeness (QED) is 0.669. The molecule has 1 saturated heterocycles. The number of hydrogen-bond acceptors (Lipinski definition) is 6. The predicted octanol–water partition coefficient (Wildman–Crippen LogP) is 3.57. The van der Waals surface area contributed by atoms with Gasteiger partial charge in [-0.05, 0) is 18.2 Å². The SMILES string of the molecule is COc1ccccc1C(=O)N=Nc1c(O)n(CN2CCOCC2)c2ccccc12. The number of benzene rings is 2. The van der Waals surface area contributed by atoms with Crippen molar-refractivity contribution in [1.82, 2.24) is 9.47 Å². The number of fused-ring (bicyclic) bond motifs is 1. The number of nitrogens with zero attached hydrogens (tertiary/aromatic N) is 4. The van der Waals surface area contributed by atoms with E-state index in [1.807, 2.05) is 24.3 Å². The fraction of sp³-hybridized carbons (Fsp3) is 0.286. The van der Waals surface area contributed by atoms with Crippen molar-refractivity contribution in [3.05, 3.63) is 54.1 Å². The molecule has 1 N–H and O–H groups in total. The third kappa shape index (κ3) is 3.85. The maximum absolute atomic E-state index is 12.5. The Kier molecular flexibility index (Phi) is 5.55. The summed E-state index contributed by atoms with van der Waals surface area (Å²) in [5, 5.41) is 19.5. The zero-order valence-electron chi connectivity index (χ0n) is 16.1. The Morgan fingerprint density at radius 2 is 1.86 bits per heavy atom. The van der Waals surface area contributed by atoms with Gasteiger partial charge in [0.05, 0.1) is 38.1 Å². The van der Waals surface area contributed by atoms with Gasteiger partial charge in [0.25, 0.3) is 5.91 Å². The highest BCUT2D eigenvalue weighted by Crippen LogP contribution is 2.39. The Hall–Kier alpha value is -3.23. The Morgan fingerprint density at radius 1 is 1.14 bits per heavy atom. The minimum absolute atomic E-state index is 0.0192. The second kappa shape index (κ2) is 8.42. The fourth-order valence-corrected chi connectivity index (χ4v) is 3.43. The average Bonchev–Trinajstić information content (AvgIpc) is 3.03. The van der Waals surface area contributed by atoms with Crippen molar-refractivity contribution >= 4 is 22.5 Å². The van der Waals surface area contributed by atoms with E-state index in [9.17, 15) is 9.90 Å². The van der Waals surface area contributed by atoms with Gasteiger partial charge in [0.2, 0.25) is 5.88 Å². The molecule has 8 nitrogen and oxygen atoms in total. The lowest BCUT2D eigenvalue weighted by Crippen LogP contribution is -2.37. The summed E-state index contributed by atoms with van der Waals surface area (Å²) in [5.74, 6) is -0.128. The number of carbonyl (C=O) groups excluding carboxylic acids is 1. The van der Waals surface area contributed by atoms with Gasteiger partial charge in [-0.15, -0.1) is 10.2 Å². The van der Waals surface area contributed by atoms with Crippen molar-refractivity contribution in [2.24, 2.45) is 10.2 Å². The van der Waals surface area contributed by atoms with E-state index in [4.69, 9.17) is 9.47 Å². The van der Waals surface area contributed by atoms with Crippen LogP contribution in [0.25, 0.3) is 10.9 Å². The van der Waals surface area contributed by atoms with Crippen LogP contribution in [0.1, 0.15) is 10.4 Å². The van der Waals surface area contributed by atoms with Gasteiger partial charge in [-0.1, -0.05) is 30.3 Å². The number of para-hydroxylation sites is 2. The number of rotatable bonds is 5. The van der Waals surface area contributed by atoms with Crippen LogP contribution < -0.4 is 4.74 Å². The normalized spacial score (nSPS) is 15.2. The molecule has 8 heteroatoms. The van der Waals surface area contributed by atoms with E-state index in [0.717, 1.165) is 24.0 Å². The van der Waals surface area contributed by atoms with Crippen molar-refractivity contribution in [1.29, 1.82) is 0 Å². The molecular formula is C21H22N4O4. The number of methoxy groups -OCH3 is 1. The number of carbonyl (C=O) groups is 1. The maximum atomic E-state index is 12.5. The largest absolute Gasteiger partial charge is 0.496 e. The van der Waals surface area contributed by atoms with Crippen molar-refractivity contribution in [2.75, 3.05) is 33.4 Å². The van der Waals surface area contributed by atoms with Crippen LogP contribution in [0, 0.1) is 0 Å². The summed E-state index contributed by atoms with van der Waals surface area (Å²) in [6, 6.07) is 14.4. The number of aromatic nitrogens is 1. The highest BCUT2D eigenvalue weighted by molar-refractivity contribution is 5.98. The van der Waals surface area contributed by atoms with E-state index in [2.05, 4.69) is 15.1 Å². The summed E-state index contributed by atoms with van der Waals surface area (Å²) in [5.41, 5.74) is 1.42. The number of ether oxygens (including phenoxy) is 2. The molecular weight excluding hydrogens is 372 g/mol. The molecule has 0 radical (unpaired) electrons. The summed E-state index contributed by atoms with van der Waals surface area (Å²) in [6.45, 7) is 3.41. The minimum atomic E-state index is -0.535. The third-order valence-corrected chi connectivity index (χ3v) is 4.94. The number of hydrogen-bond donors (Lipinski definition) is 1. The molecule has 29 heavy (non-hydrogen) atoms. The summed E-state index contributed by atoms with van der Waals surface area (Å²) in [4.78, 5) is 14.7. The number of aromatic hydroxyl groups is 1. The fourth-order valence-electron chi connectivity index (χ4n) is 3.43. The van der Waals surface area contributed by atoms with Crippen LogP contribution >= 0.6 is 0 Å². The predicted molar refractivity (Wildman–Crippen MR) is 108 cm³/mol. The molecule has 0 bridgehead atoms. The van der Waals surface area contributed by atoms with Gasteiger partial charge < -0.3 is 14.6 Å². The van der Waals surface area contributed by atoms with Crippen molar-refractivity contribution in [3.8, 4) is 11.6 Å². The average molecular weight is 394 g/mol. The first-order valence-electron chi connectivity index (χ1n) is 9.38. The Bertz CT molecular complexity index is 1050. The molecule has 0 aliphatic carbocycles.